The quantitative estimate of drug-likeness (QED) is 0.244. The van der Waals surface area contributed by atoms with Gasteiger partial charge in [-0.3, -0.25) is 0 Å². The molecular formula is C15H26F6O2. The Hall–Kier alpha value is -0.500. The second kappa shape index (κ2) is 10.4. The molecule has 0 fully saturated rings. The van der Waals surface area contributed by atoms with Gasteiger partial charge in [0.15, 0.2) is 5.79 Å². The average Bonchev–Trinajstić information content (AvgIpc) is 2.41. The predicted octanol–water partition coefficient (Wildman–Crippen LogP) is 6.00. The minimum atomic E-state index is -4.61. The lowest BCUT2D eigenvalue weighted by atomic mass is 10.1. The minimum Gasteiger partial charge on any atom is -0.341 e. The first-order valence-electron chi connectivity index (χ1n) is 7.89. The number of rotatable bonds is 12. The molecule has 0 heterocycles. The van der Waals surface area contributed by atoms with Crippen LogP contribution in [0.15, 0.2) is 0 Å². The number of ether oxygens (including phenoxy) is 2. The van der Waals surface area contributed by atoms with Crippen LogP contribution in [0.2, 0.25) is 0 Å². The first kappa shape index (κ1) is 22.5. The van der Waals surface area contributed by atoms with E-state index >= 15 is 0 Å². The van der Waals surface area contributed by atoms with Crippen molar-refractivity contribution in [3.8, 4) is 0 Å². The second-order valence-corrected chi connectivity index (χ2v) is 5.81. The van der Waals surface area contributed by atoms with Gasteiger partial charge >= 0.3 is 12.4 Å². The van der Waals surface area contributed by atoms with Crippen LogP contribution in [-0.4, -0.2) is 31.4 Å². The Morgan fingerprint density at radius 2 is 1.04 bits per heavy atom. The second-order valence-electron chi connectivity index (χ2n) is 5.81. The van der Waals surface area contributed by atoms with Crippen LogP contribution in [-0.2, 0) is 9.47 Å². The summed E-state index contributed by atoms with van der Waals surface area (Å²) < 4.78 is 82.5. The molecule has 0 rings (SSSR count). The van der Waals surface area contributed by atoms with Gasteiger partial charge in [-0.25, -0.2) is 0 Å². The van der Waals surface area contributed by atoms with Crippen molar-refractivity contribution in [1.82, 2.24) is 0 Å². The molecule has 0 aliphatic rings. The highest BCUT2D eigenvalue weighted by molar-refractivity contribution is 4.67. The van der Waals surface area contributed by atoms with Crippen molar-refractivity contribution in [2.24, 2.45) is 0 Å². The fourth-order valence-electron chi connectivity index (χ4n) is 2.06. The van der Waals surface area contributed by atoms with Gasteiger partial charge in [0, 0.05) is 6.42 Å². The molecule has 0 amide bonds. The zero-order valence-corrected chi connectivity index (χ0v) is 13.7. The summed E-state index contributed by atoms with van der Waals surface area (Å²) in [6.45, 7) is -0.0430. The summed E-state index contributed by atoms with van der Waals surface area (Å²) in [5.74, 6) is -1.88. The molecule has 0 N–H and O–H groups in total. The molecule has 0 aliphatic heterocycles. The van der Waals surface area contributed by atoms with E-state index < -0.39 is 31.4 Å². The van der Waals surface area contributed by atoms with E-state index in [2.05, 4.69) is 16.4 Å². The Balaban J connectivity index is 4.25. The van der Waals surface area contributed by atoms with Crippen molar-refractivity contribution < 1.29 is 35.8 Å². The number of halogens is 6. The Morgan fingerprint density at radius 3 is 1.43 bits per heavy atom. The maximum atomic E-state index is 12.2. The van der Waals surface area contributed by atoms with E-state index in [1.165, 1.54) is 0 Å². The fraction of sp³-hybridized carbons (Fsp3) is 1.00. The maximum absolute atomic E-state index is 12.2. The number of alkyl halides is 6. The van der Waals surface area contributed by atoms with Gasteiger partial charge in [0.25, 0.3) is 0 Å². The highest BCUT2D eigenvalue weighted by atomic mass is 19.4. The van der Waals surface area contributed by atoms with E-state index in [1.54, 1.807) is 0 Å². The third kappa shape index (κ3) is 14.8. The van der Waals surface area contributed by atoms with E-state index in [1.807, 2.05) is 0 Å². The topological polar surface area (TPSA) is 18.5 Å². The van der Waals surface area contributed by atoms with Crippen molar-refractivity contribution in [3.05, 3.63) is 0 Å². The molecule has 0 aliphatic carbocycles. The number of hydrogen-bond acceptors (Lipinski definition) is 2. The normalized spacial score (nSPS) is 13.6. The highest BCUT2D eigenvalue weighted by Crippen LogP contribution is 2.28. The Labute approximate surface area is 133 Å². The Bertz CT molecular complexity index is 283. The van der Waals surface area contributed by atoms with Crippen LogP contribution >= 0.6 is 0 Å². The van der Waals surface area contributed by atoms with E-state index in [-0.39, 0.29) is 6.42 Å². The molecule has 23 heavy (non-hydrogen) atoms. The molecule has 0 atom stereocenters. The lowest BCUT2D eigenvalue weighted by Crippen LogP contribution is -2.39. The molecule has 0 aromatic carbocycles. The lowest BCUT2D eigenvalue weighted by Gasteiger charge is -2.31. The van der Waals surface area contributed by atoms with Crippen LogP contribution in [0.25, 0.3) is 0 Å². The monoisotopic (exact) mass is 352 g/mol. The van der Waals surface area contributed by atoms with Gasteiger partial charge in [-0.15, -0.1) is 0 Å². The molecule has 2 nitrogen and oxygen atoms in total. The largest absolute Gasteiger partial charge is 0.411 e. The SMILES string of the molecule is CCCCCCCCCC(C)(OCC(F)(F)F)OCC(F)(F)F. The molecule has 0 unspecified atom stereocenters. The number of hydrogen-bond donors (Lipinski definition) is 0. The third-order valence-electron chi connectivity index (χ3n) is 3.32. The molecule has 0 saturated carbocycles. The summed E-state index contributed by atoms with van der Waals surface area (Å²) in [6, 6.07) is 0. The van der Waals surface area contributed by atoms with E-state index in [0.717, 1.165) is 45.4 Å². The van der Waals surface area contributed by atoms with Crippen LogP contribution in [0.1, 0.15) is 65.2 Å². The highest BCUT2D eigenvalue weighted by Gasteiger charge is 2.38. The molecule has 140 valence electrons. The molecule has 0 aromatic heterocycles. The van der Waals surface area contributed by atoms with Crippen molar-refractivity contribution in [3.63, 3.8) is 0 Å². The average molecular weight is 352 g/mol. The Morgan fingerprint density at radius 1 is 0.652 bits per heavy atom. The van der Waals surface area contributed by atoms with Gasteiger partial charge in [0.1, 0.15) is 13.2 Å². The summed E-state index contributed by atoms with van der Waals surface area (Å²) in [4.78, 5) is 0. The van der Waals surface area contributed by atoms with Gasteiger partial charge in [-0.1, -0.05) is 45.4 Å². The molecular weight excluding hydrogens is 326 g/mol. The molecule has 0 aromatic rings. The van der Waals surface area contributed by atoms with Gasteiger partial charge in [0.2, 0.25) is 0 Å². The van der Waals surface area contributed by atoms with Crippen molar-refractivity contribution >= 4 is 0 Å². The minimum absolute atomic E-state index is 0.00701. The van der Waals surface area contributed by atoms with E-state index in [9.17, 15) is 26.3 Å². The van der Waals surface area contributed by atoms with Crippen molar-refractivity contribution in [2.75, 3.05) is 13.2 Å². The smallest absolute Gasteiger partial charge is 0.341 e. The Kier molecular flexibility index (Phi) is 10.2. The summed E-state index contributed by atoms with van der Waals surface area (Å²) in [6.07, 6.45) is -2.81. The van der Waals surface area contributed by atoms with Crippen molar-refractivity contribution in [1.29, 1.82) is 0 Å². The van der Waals surface area contributed by atoms with Crippen molar-refractivity contribution in [2.45, 2.75) is 83.4 Å². The summed E-state index contributed by atoms with van der Waals surface area (Å²) in [5, 5.41) is 0. The van der Waals surface area contributed by atoms with Crippen LogP contribution < -0.4 is 0 Å². The summed E-state index contributed by atoms with van der Waals surface area (Å²) >= 11 is 0. The first-order chi connectivity index (χ1) is 10.5. The number of unbranched alkanes of at least 4 members (excludes halogenated alkanes) is 6. The summed E-state index contributed by atoms with van der Waals surface area (Å²) in [7, 11) is 0. The van der Waals surface area contributed by atoms with Gasteiger partial charge in [-0.2, -0.15) is 26.3 Å². The van der Waals surface area contributed by atoms with E-state index in [4.69, 9.17) is 0 Å². The lowest BCUT2D eigenvalue weighted by molar-refractivity contribution is -0.305. The molecule has 8 heteroatoms. The zero-order chi connectivity index (χ0) is 18.0. The van der Waals surface area contributed by atoms with Gasteiger partial charge < -0.3 is 9.47 Å². The predicted molar refractivity (Wildman–Crippen MR) is 75.0 cm³/mol. The fourth-order valence-corrected chi connectivity index (χ4v) is 2.06. The van der Waals surface area contributed by atoms with Crippen LogP contribution in [0.5, 0.6) is 0 Å². The van der Waals surface area contributed by atoms with Gasteiger partial charge in [0.05, 0.1) is 0 Å². The van der Waals surface area contributed by atoms with E-state index in [0.29, 0.717) is 6.42 Å². The van der Waals surface area contributed by atoms with Crippen LogP contribution in [0.3, 0.4) is 0 Å². The van der Waals surface area contributed by atoms with Crippen LogP contribution in [0.4, 0.5) is 26.3 Å². The third-order valence-corrected chi connectivity index (χ3v) is 3.32. The molecule has 0 radical (unpaired) electrons. The standard InChI is InChI=1S/C15H26F6O2/c1-3-4-5-6-7-8-9-10-13(2,22-11-14(16,17)18)23-12-15(19,20)21/h3-12H2,1-2H3. The van der Waals surface area contributed by atoms with Crippen LogP contribution in [0, 0.1) is 0 Å². The molecule has 0 bridgehead atoms. The zero-order valence-electron chi connectivity index (χ0n) is 13.7. The van der Waals surface area contributed by atoms with Gasteiger partial charge in [-0.05, 0) is 13.3 Å². The first-order valence-corrected chi connectivity index (χ1v) is 7.89. The summed E-state index contributed by atoms with van der Waals surface area (Å²) in [5.41, 5.74) is 0. The molecule has 0 spiro atoms. The molecule has 0 saturated heterocycles. The maximum Gasteiger partial charge on any atom is 0.411 e.